The Morgan fingerprint density at radius 2 is 1.94 bits per heavy atom. The molecule has 3 N–H and O–H groups in total. The van der Waals surface area contributed by atoms with Gasteiger partial charge in [0.15, 0.2) is 0 Å². The third kappa shape index (κ3) is 6.72. The Balaban J connectivity index is 2.10. The molecule has 0 bridgehead atoms. The first-order valence-corrected chi connectivity index (χ1v) is 16.9. The number of benzene rings is 1. The van der Waals surface area contributed by atoms with Crippen LogP contribution >= 0.6 is 0 Å². The summed E-state index contributed by atoms with van der Waals surface area (Å²) in [5, 5.41) is 25.4. The highest BCUT2D eigenvalue weighted by Crippen LogP contribution is 2.37. The van der Waals surface area contributed by atoms with E-state index >= 15 is 0 Å². The van der Waals surface area contributed by atoms with Crippen molar-refractivity contribution in [2.45, 2.75) is 51.2 Å². The maximum absolute atomic E-state index is 12.4. The lowest BCUT2D eigenvalue weighted by Gasteiger charge is -2.21. The van der Waals surface area contributed by atoms with Crippen molar-refractivity contribution in [3.63, 3.8) is 0 Å². The van der Waals surface area contributed by atoms with E-state index in [4.69, 9.17) is 19.6 Å². The van der Waals surface area contributed by atoms with Crippen molar-refractivity contribution in [1.29, 1.82) is 5.26 Å². The molecule has 0 fully saturated rings. The molecule has 0 saturated heterocycles. The molecule has 1 atom stereocenters. The molecule has 36 heavy (non-hydrogen) atoms. The molecule has 0 aliphatic rings. The van der Waals surface area contributed by atoms with Crippen LogP contribution < -0.4 is 9.88 Å². The number of hydrogen-bond acceptors (Lipinski definition) is 7. The number of aliphatic hydroxyl groups is 1. The summed E-state index contributed by atoms with van der Waals surface area (Å²) in [6.45, 7) is 10.7. The van der Waals surface area contributed by atoms with E-state index in [1.165, 1.54) is 6.07 Å². The molecule has 2 aromatic heterocycles. The van der Waals surface area contributed by atoms with E-state index in [2.05, 4.69) is 25.7 Å². The van der Waals surface area contributed by atoms with Crippen LogP contribution in [0.5, 0.6) is 5.88 Å². The first kappa shape index (κ1) is 27.8. The molecule has 2 heterocycles. The fourth-order valence-electron chi connectivity index (χ4n) is 3.49. The lowest BCUT2D eigenvalue weighted by Crippen LogP contribution is -2.27. The Hall–Kier alpha value is -2.75. The van der Waals surface area contributed by atoms with Crippen LogP contribution in [-0.2, 0) is 21.5 Å². The smallest absolute Gasteiger partial charge is 0.238 e. The SMILES string of the molecule is Cc1ccc(S(N)(=O)=O)c(-c2cc3ccn(COCC[Si](C)(C)C)c3nc2OCC(C)(C#N)CO)c1. The number of nitriles is 1. The molecule has 11 heteroatoms. The lowest BCUT2D eigenvalue weighted by atomic mass is 9.95. The first-order chi connectivity index (χ1) is 16.8. The molecule has 0 amide bonds. The number of nitrogens with two attached hydrogens (primary N) is 1. The summed E-state index contributed by atoms with van der Waals surface area (Å²) < 4.78 is 38.4. The van der Waals surface area contributed by atoms with Gasteiger partial charge in [-0.05, 0) is 44.2 Å². The second-order valence-corrected chi connectivity index (χ2v) is 17.7. The Morgan fingerprint density at radius 3 is 2.56 bits per heavy atom. The minimum absolute atomic E-state index is 0.0570. The van der Waals surface area contributed by atoms with Crippen LogP contribution in [-0.4, -0.2) is 51.0 Å². The lowest BCUT2D eigenvalue weighted by molar-refractivity contribution is 0.0897. The molecule has 0 saturated carbocycles. The van der Waals surface area contributed by atoms with Crippen LogP contribution in [0, 0.1) is 23.7 Å². The molecular weight excluding hydrogens is 496 g/mol. The number of nitrogens with zero attached hydrogens (tertiary/aromatic N) is 3. The van der Waals surface area contributed by atoms with Crippen molar-refractivity contribution >= 4 is 29.1 Å². The number of primary sulfonamides is 1. The van der Waals surface area contributed by atoms with Gasteiger partial charge in [-0.3, -0.25) is 0 Å². The number of pyridine rings is 1. The van der Waals surface area contributed by atoms with E-state index in [0.717, 1.165) is 17.0 Å². The summed E-state index contributed by atoms with van der Waals surface area (Å²) in [5.41, 5.74) is 1.03. The zero-order valence-corrected chi connectivity index (χ0v) is 23.2. The molecule has 9 nitrogen and oxygen atoms in total. The molecule has 1 unspecified atom stereocenters. The topological polar surface area (TPSA) is 140 Å². The molecule has 3 aromatic rings. The monoisotopic (exact) mass is 530 g/mol. The Labute approximate surface area is 213 Å². The second kappa shape index (κ2) is 10.7. The Bertz CT molecular complexity index is 1390. The highest BCUT2D eigenvalue weighted by molar-refractivity contribution is 7.89. The van der Waals surface area contributed by atoms with Gasteiger partial charge in [-0.1, -0.05) is 31.3 Å². The van der Waals surface area contributed by atoms with Crippen molar-refractivity contribution in [2.75, 3.05) is 19.8 Å². The maximum Gasteiger partial charge on any atom is 0.238 e. The third-order valence-electron chi connectivity index (χ3n) is 5.81. The number of rotatable bonds is 11. The normalized spacial score (nSPS) is 13.9. The fourth-order valence-corrected chi connectivity index (χ4v) is 4.98. The van der Waals surface area contributed by atoms with Gasteiger partial charge in [0.25, 0.3) is 0 Å². The van der Waals surface area contributed by atoms with Gasteiger partial charge in [0.05, 0.1) is 17.6 Å². The molecule has 0 aliphatic carbocycles. The molecule has 0 aliphatic heterocycles. The Kier molecular flexibility index (Phi) is 8.27. The highest BCUT2D eigenvalue weighted by Gasteiger charge is 2.27. The predicted octanol–water partition coefficient (Wildman–Crippen LogP) is 3.87. The number of aliphatic hydroxyl groups excluding tert-OH is 1. The minimum atomic E-state index is -4.04. The number of aromatic nitrogens is 2. The zero-order chi connectivity index (χ0) is 26.7. The number of sulfonamides is 1. The quantitative estimate of drug-likeness (QED) is 0.283. The van der Waals surface area contributed by atoms with Crippen LogP contribution in [0.3, 0.4) is 0 Å². The van der Waals surface area contributed by atoms with E-state index in [9.17, 15) is 18.8 Å². The van der Waals surface area contributed by atoms with Crippen LogP contribution in [0.4, 0.5) is 0 Å². The van der Waals surface area contributed by atoms with E-state index in [1.807, 2.05) is 23.8 Å². The predicted molar refractivity (Wildman–Crippen MR) is 142 cm³/mol. The molecule has 194 valence electrons. The molecule has 0 radical (unpaired) electrons. The summed E-state index contributed by atoms with van der Waals surface area (Å²) in [5.74, 6) is 0.134. The van der Waals surface area contributed by atoms with Gasteiger partial charge in [-0.2, -0.15) is 10.2 Å². The van der Waals surface area contributed by atoms with Crippen LogP contribution in [0.15, 0.2) is 41.4 Å². The fraction of sp³-hybridized carbons (Fsp3) is 0.440. The van der Waals surface area contributed by atoms with Crippen molar-refractivity contribution in [3.8, 4) is 23.1 Å². The Morgan fingerprint density at radius 1 is 1.22 bits per heavy atom. The zero-order valence-electron chi connectivity index (χ0n) is 21.4. The number of ether oxygens (including phenoxy) is 2. The van der Waals surface area contributed by atoms with E-state index in [0.29, 0.717) is 30.1 Å². The van der Waals surface area contributed by atoms with Crippen molar-refractivity contribution in [1.82, 2.24) is 9.55 Å². The van der Waals surface area contributed by atoms with E-state index < -0.39 is 30.1 Å². The van der Waals surface area contributed by atoms with Crippen molar-refractivity contribution in [3.05, 3.63) is 42.1 Å². The van der Waals surface area contributed by atoms with Crippen LogP contribution in [0.1, 0.15) is 12.5 Å². The maximum atomic E-state index is 12.4. The number of hydrogen-bond donors (Lipinski definition) is 2. The third-order valence-corrected chi connectivity index (χ3v) is 8.48. The molecule has 1 aromatic carbocycles. The highest BCUT2D eigenvalue weighted by atomic mass is 32.2. The van der Waals surface area contributed by atoms with Gasteiger partial charge in [-0.25, -0.2) is 13.6 Å². The number of fused-ring (bicyclic) bond motifs is 1. The summed E-state index contributed by atoms with van der Waals surface area (Å²) in [6.07, 6.45) is 1.85. The summed E-state index contributed by atoms with van der Waals surface area (Å²) in [6, 6.07) is 11.6. The molecule has 0 spiro atoms. The largest absolute Gasteiger partial charge is 0.475 e. The van der Waals surface area contributed by atoms with Gasteiger partial charge in [0.1, 0.15) is 24.4 Å². The van der Waals surface area contributed by atoms with Crippen molar-refractivity contribution < 1.29 is 23.0 Å². The minimum Gasteiger partial charge on any atom is -0.475 e. The van der Waals surface area contributed by atoms with Gasteiger partial charge in [0.2, 0.25) is 15.9 Å². The van der Waals surface area contributed by atoms with Gasteiger partial charge < -0.3 is 19.1 Å². The van der Waals surface area contributed by atoms with E-state index in [1.54, 1.807) is 25.1 Å². The van der Waals surface area contributed by atoms with Crippen molar-refractivity contribution in [2.24, 2.45) is 10.6 Å². The second-order valence-electron chi connectivity index (χ2n) is 10.6. The van der Waals surface area contributed by atoms with Gasteiger partial charge in [-0.15, -0.1) is 0 Å². The van der Waals surface area contributed by atoms with Crippen LogP contribution in [0.25, 0.3) is 22.2 Å². The summed E-state index contributed by atoms with van der Waals surface area (Å²) >= 11 is 0. The molecular formula is C25H34N4O5SSi. The number of aryl methyl sites for hydroxylation is 1. The molecule has 3 rings (SSSR count). The van der Waals surface area contributed by atoms with Gasteiger partial charge >= 0.3 is 0 Å². The van der Waals surface area contributed by atoms with Crippen LogP contribution in [0.2, 0.25) is 25.7 Å². The summed E-state index contributed by atoms with van der Waals surface area (Å²) in [4.78, 5) is 4.65. The van der Waals surface area contributed by atoms with Gasteiger partial charge in [0, 0.05) is 37.4 Å². The average Bonchev–Trinajstić information content (AvgIpc) is 3.20. The standard InChI is InChI=1S/C25H34N4O5SSi/c1-18-6-7-22(35(27,31)32)20(12-18)21-13-19-8-9-29(17-33-10-11-36(3,4)5)23(19)28-24(21)34-16-25(2,14-26)15-30/h6-9,12-13,30H,10-11,15-17H2,1-5H3,(H2,27,31,32). The van der Waals surface area contributed by atoms with E-state index in [-0.39, 0.29) is 17.4 Å². The summed E-state index contributed by atoms with van der Waals surface area (Å²) in [7, 11) is -5.27. The first-order valence-electron chi connectivity index (χ1n) is 11.6. The average molecular weight is 531 g/mol.